The number of nitrogens with zero attached hydrogens (tertiary/aromatic N) is 1. The summed E-state index contributed by atoms with van der Waals surface area (Å²) in [6.45, 7) is 5.95. The maximum Gasteiger partial charge on any atom is 0.239 e. The summed E-state index contributed by atoms with van der Waals surface area (Å²) in [6, 6.07) is -0.298. The molecule has 3 heteroatoms. The maximum absolute atomic E-state index is 12.1. The Bertz CT molecular complexity index is 198. The van der Waals surface area contributed by atoms with Gasteiger partial charge in [0.05, 0.1) is 6.04 Å². The lowest BCUT2D eigenvalue weighted by Gasteiger charge is -2.26. The predicted octanol–water partition coefficient (Wildman–Crippen LogP) is 1.76. The largest absolute Gasteiger partial charge is 0.341 e. The van der Waals surface area contributed by atoms with Gasteiger partial charge in [0.2, 0.25) is 5.91 Å². The van der Waals surface area contributed by atoms with Crippen LogP contribution in [0.2, 0.25) is 0 Å². The molecule has 0 saturated carbocycles. The lowest BCUT2D eigenvalue weighted by atomic mass is 9.99. The molecule has 0 unspecified atom stereocenters. The molecule has 2 atom stereocenters. The Labute approximate surface area is 93.0 Å². The van der Waals surface area contributed by atoms with Gasteiger partial charge in [-0.1, -0.05) is 33.1 Å². The lowest BCUT2D eigenvalue weighted by molar-refractivity contribution is -0.133. The van der Waals surface area contributed by atoms with Crippen molar-refractivity contribution >= 4 is 5.91 Å². The van der Waals surface area contributed by atoms with Crippen LogP contribution in [0.5, 0.6) is 0 Å². The number of rotatable bonds is 3. The van der Waals surface area contributed by atoms with Gasteiger partial charge in [-0.25, -0.2) is 0 Å². The zero-order valence-electron chi connectivity index (χ0n) is 10.0. The van der Waals surface area contributed by atoms with Crippen molar-refractivity contribution in [2.75, 3.05) is 13.1 Å². The zero-order valence-corrected chi connectivity index (χ0v) is 10.0. The molecule has 88 valence electrons. The third-order valence-corrected chi connectivity index (χ3v) is 3.46. The highest BCUT2D eigenvalue weighted by Gasteiger charge is 2.25. The third-order valence-electron chi connectivity index (χ3n) is 3.46. The van der Waals surface area contributed by atoms with Crippen molar-refractivity contribution < 1.29 is 4.79 Å². The second kappa shape index (κ2) is 6.11. The molecule has 1 saturated heterocycles. The van der Waals surface area contributed by atoms with Gasteiger partial charge in [0.15, 0.2) is 0 Å². The summed E-state index contributed by atoms with van der Waals surface area (Å²) in [4.78, 5) is 14.0. The van der Waals surface area contributed by atoms with Crippen LogP contribution in [-0.4, -0.2) is 29.9 Å². The first-order chi connectivity index (χ1) is 7.16. The third kappa shape index (κ3) is 3.49. The number of likely N-dealkylation sites (tertiary alicyclic amines) is 1. The Balaban J connectivity index is 2.49. The fourth-order valence-corrected chi connectivity index (χ4v) is 2.00. The van der Waals surface area contributed by atoms with Crippen LogP contribution >= 0.6 is 0 Å². The van der Waals surface area contributed by atoms with Crippen molar-refractivity contribution in [2.24, 2.45) is 11.7 Å². The Morgan fingerprint density at radius 2 is 1.80 bits per heavy atom. The van der Waals surface area contributed by atoms with Crippen LogP contribution in [0, 0.1) is 5.92 Å². The van der Waals surface area contributed by atoms with Crippen molar-refractivity contribution in [1.29, 1.82) is 0 Å². The van der Waals surface area contributed by atoms with E-state index >= 15 is 0 Å². The molecule has 0 aliphatic carbocycles. The molecule has 1 rings (SSSR count). The highest BCUT2D eigenvalue weighted by molar-refractivity contribution is 5.81. The highest BCUT2D eigenvalue weighted by atomic mass is 16.2. The first-order valence-corrected chi connectivity index (χ1v) is 6.21. The van der Waals surface area contributed by atoms with Crippen molar-refractivity contribution in [3.63, 3.8) is 0 Å². The number of carbonyl (C=O) groups excluding carboxylic acids is 1. The zero-order chi connectivity index (χ0) is 11.3. The topological polar surface area (TPSA) is 46.3 Å². The quantitative estimate of drug-likeness (QED) is 0.775. The smallest absolute Gasteiger partial charge is 0.239 e. The summed E-state index contributed by atoms with van der Waals surface area (Å²) in [6.07, 6.45) is 5.75. The summed E-state index contributed by atoms with van der Waals surface area (Å²) >= 11 is 0. The Morgan fingerprint density at radius 1 is 1.27 bits per heavy atom. The van der Waals surface area contributed by atoms with E-state index in [0.29, 0.717) is 5.92 Å². The van der Waals surface area contributed by atoms with Gasteiger partial charge in [-0.2, -0.15) is 0 Å². The Hall–Kier alpha value is -0.570. The van der Waals surface area contributed by atoms with E-state index in [1.807, 2.05) is 4.90 Å². The molecule has 0 bridgehead atoms. The van der Waals surface area contributed by atoms with E-state index in [2.05, 4.69) is 13.8 Å². The van der Waals surface area contributed by atoms with Crippen molar-refractivity contribution in [3.8, 4) is 0 Å². The van der Waals surface area contributed by atoms with Gasteiger partial charge < -0.3 is 10.6 Å². The van der Waals surface area contributed by atoms with Gasteiger partial charge in [-0.15, -0.1) is 0 Å². The van der Waals surface area contributed by atoms with Crippen LogP contribution in [0.3, 0.4) is 0 Å². The fourth-order valence-electron chi connectivity index (χ4n) is 2.00. The Kier molecular flexibility index (Phi) is 5.09. The van der Waals surface area contributed by atoms with Gasteiger partial charge >= 0.3 is 0 Å². The Morgan fingerprint density at radius 3 is 2.27 bits per heavy atom. The van der Waals surface area contributed by atoms with Gasteiger partial charge in [-0.05, 0) is 18.8 Å². The van der Waals surface area contributed by atoms with Gasteiger partial charge in [-0.3, -0.25) is 4.79 Å². The molecule has 3 nitrogen and oxygen atoms in total. The van der Waals surface area contributed by atoms with E-state index in [9.17, 15) is 4.79 Å². The minimum atomic E-state index is -0.298. The minimum absolute atomic E-state index is 0.159. The number of carbonyl (C=O) groups is 1. The molecule has 0 aromatic rings. The fraction of sp³-hybridized carbons (Fsp3) is 0.917. The summed E-state index contributed by atoms with van der Waals surface area (Å²) in [5.41, 5.74) is 5.96. The van der Waals surface area contributed by atoms with E-state index < -0.39 is 0 Å². The predicted molar refractivity (Wildman–Crippen MR) is 62.5 cm³/mol. The van der Waals surface area contributed by atoms with Crippen molar-refractivity contribution in [3.05, 3.63) is 0 Å². The van der Waals surface area contributed by atoms with E-state index in [1.54, 1.807) is 0 Å². The molecular weight excluding hydrogens is 188 g/mol. The van der Waals surface area contributed by atoms with E-state index in [1.165, 1.54) is 12.8 Å². The molecule has 2 N–H and O–H groups in total. The van der Waals surface area contributed by atoms with Crippen LogP contribution < -0.4 is 5.73 Å². The number of hydrogen-bond donors (Lipinski definition) is 1. The van der Waals surface area contributed by atoms with Crippen LogP contribution in [0.4, 0.5) is 0 Å². The van der Waals surface area contributed by atoms with E-state index in [0.717, 1.165) is 32.4 Å². The second-order valence-electron chi connectivity index (χ2n) is 4.65. The summed E-state index contributed by atoms with van der Waals surface area (Å²) < 4.78 is 0. The molecule has 0 aromatic heterocycles. The molecule has 1 aliphatic rings. The van der Waals surface area contributed by atoms with Crippen molar-refractivity contribution in [1.82, 2.24) is 4.90 Å². The van der Waals surface area contributed by atoms with Crippen LogP contribution in [0.25, 0.3) is 0 Å². The number of nitrogens with two attached hydrogens (primary N) is 1. The average Bonchev–Trinajstić information content (AvgIpc) is 2.54. The number of hydrogen-bond acceptors (Lipinski definition) is 2. The van der Waals surface area contributed by atoms with Crippen LogP contribution in [0.15, 0.2) is 0 Å². The first kappa shape index (κ1) is 12.5. The maximum atomic E-state index is 12.1. The minimum Gasteiger partial charge on any atom is -0.341 e. The molecule has 0 radical (unpaired) electrons. The summed E-state index contributed by atoms with van der Waals surface area (Å²) in [5.74, 6) is 0.451. The lowest BCUT2D eigenvalue weighted by Crippen LogP contribution is -2.47. The summed E-state index contributed by atoms with van der Waals surface area (Å²) in [7, 11) is 0. The molecule has 1 aliphatic heterocycles. The monoisotopic (exact) mass is 212 g/mol. The SMILES string of the molecule is CC[C@@H](C)[C@H](N)C(=O)N1CCCCCC1. The molecule has 1 fully saturated rings. The average molecular weight is 212 g/mol. The number of amides is 1. The van der Waals surface area contributed by atoms with Crippen LogP contribution in [-0.2, 0) is 4.79 Å². The highest BCUT2D eigenvalue weighted by Crippen LogP contribution is 2.13. The van der Waals surface area contributed by atoms with Gasteiger partial charge in [0.25, 0.3) is 0 Å². The molecular formula is C12H24N2O. The van der Waals surface area contributed by atoms with E-state index in [4.69, 9.17) is 5.73 Å². The first-order valence-electron chi connectivity index (χ1n) is 6.21. The van der Waals surface area contributed by atoms with Gasteiger partial charge in [0.1, 0.15) is 0 Å². The molecule has 0 spiro atoms. The second-order valence-corrected chi connectivity index (χ2v) is 4.65. The van der Waals surface area contributed by atoms with Crippen molar-refractivity contribution in [2.45, 2.75) is 52.0 Å². The molecule has 1 heterocycles. The molecule has 15 heavy (non-hydrogen) atoms. The standard InChI is InChI=1S/C12H24N2O/c1-3-10(2)11(13)12(15)14-8-6-4-5-7-9-14/h10-11H,3-9,13H2,1-2H3/t10-,11+/m1/s1. The van der Waals surface area contributed by atoms with E-state index in [-0.39, 0.29) is 11.9 Å². The molecule has 0 aromatic carbocycles. The van der Waals surface area contributed by atoms with Gasteiger partial charge in [0, 0.05) is 13.1 Å². The summed E-state index contributed by atoms with van der Waals surface area (Å²) in [5, 5.41) is 0. The normalized spacial score (nSPS) is 21.9. The molecule has 1 amide bonds. The van der Waals surface area contributed by atoms with Crippen LogP contribution in [0.1, 0.15) is 46.0 Å².